The average Bonchev–Trinajstić information content (AvgIpc) is 2.54. The number of rotatable bonds is 5. The van der Waals surface area contributed by atoms with Gasteiger partial charge >= 0.3 is 5.97 Å². The topological polar surface area (TPSA) is 51.0 Å². The number of benzene rings is 2. The van der Waals surface area contributed by atoms with E-state index in [-0.39, 0.29) is 5.97 Å². The second-order valence-electron chi connectivity index (χ2n) is 4.71. The molecule has 0 aromatic heterocycles. The lowest BCUT2D eigenvalue weighted by Crippen LogP contribution is -1.98. The fourth-order valence-corrected chi connectivity index (χ4v) is 1.73. The molecule has 0 unspecified atom stereocenters. The van der Waals surface area contributed by atoms with E-state index in [1.165, 1.54) is 11.6 Å². The Morgan fingerprint density at radius 1 is 1.00 bits per heavy atom. The van der Waals surface area contributed by atoms with Crippen LogP contribution in [0.1, 0.15) is 18.1 Å². The number of hydrogen-bond donors (Lipinski definition) is 0. The van der Waals surface area contributed by atoms with E-state index in [1.54, 1.807) is 13.0 Å². The highest BCUT2D eigenvalue weighted by atomic mass is 16.5. The van der Waals surface area contributed by atoms with Crippen LogP contribution in [0.4, 0.5) is 11.4 Å². The van der Waals surface area contributed by atoms with Gasteiger partial charge in [-0.15, -0.1) is 0 Å². The summed E-state index contributed by atoms with van der Waals surface area (Å²) in [7, 11) is 0. The van der Waals surface area contributed by atoms with E-state index in [9.17, 15) is 4.79 Å². The maximum Gasteiger partial charge on any atom is 0.330 e. The van der Waals surface area contributed by atoms with Crippen molar-refractivity contribution < 1.29 is 9.53 Å². The number of hydrogen-bond acceptors (Lipinski definition) is 4. The molecule has 0 saturated carbocycles. The highest BCUT2D eigenvalue weighted by molar-refractivity contribution is 5.87. The van der Waals surface area contributed by atoms with Crippen LogP contribution in [0.15, 0.2) is 64.8 Å². The predicted octanol–water partition coefficient (Wildman–Crippen LogP) is 4.99. The monoisotopic (exact) mass is 294 g/mol. The van der Waals surface area contributed by atoms with Gasteiger partial charge in [-0.25, -0.2) is 4.79 Å². The zero-order valence-electron chi connectivity index (χ0n) is 12.7. The lowest BCUT2D eigenvalue weighted by atomic mass is 10.2. The lowest BCUT2D eigenvalue weighted by molar-refractivity contribution is -0.137. The highest BCUT2D eigenvalue weighted by Gasteiger charge is 1.95. The van der Waals surface area contributed by atoms with E-state index in [1.807, 2.05) is 55.5 Å². The molecule has 0 heterocycles. The Kier molecular flexibility index (Phi) is 5.60. The van der Waals surface area contributed by atoms with Gasteiger partial charge in [0, 0.05) is 6.08 Å². The van der Waals surface area contributed by atoms with Crippen LogP contribution >= 0.6 is 0 Å². The fourth-order valence-electron chi connectivity index (χ4n) is 1.73. The van der Waals surface area contributed by atoms with Gasteiger partial charge in [-0.05, 0) is 49.8 Å². The van der Waals surface area contributed by atoms with Crippen LogP contribution in [0, 0.1) is 6.92 Å². The summed E-state index contributed by atoms with van der Waals surface area (Å²) in [5, 5.41) is 8.36. The lowest BCUT2D eigenvalue weighted by Gasteiger charge is -1.97. The van der Waals surface area contributed by atoms with Crippen molar-refractivity contribution in [3.05, 3.63) is 65.7 Å². The smallest absolute Gasteiger partial charge is 0.330 e. The Morgan fingerprint density at radius 3 is 2.09 bits per heavy atom. The maximum absolute atomic E-state index is 11.2. The summed E-state index contributed by atoms with van der Waals surface area (Å²) in [5.41, 5.74) is 3.67. The largest absolute Gasteiger partial charge is 0.463 e. The van der Waals surface area contributed by atoms with Crippen molar-refractivity contribution in [3.8, 4) is 0 Å². The number of carbonyl (C=O) groups is 1. The maximum atomic E-state index is 11.2. The van der Waals surface area contributed by atoms with Crippen LogP contribution in [0.25, 0.3) is 6.08 Å². The van der Waals surface area contributed by atoms with Crippen LogP contribution in [0.3, 0.4) is 0 Å². The van der Waals surface area contributed by atoms with Crippen molar-refractivity contribution in [2.75, 3.05) is 6.61 Å². The molecule has 0 N–H and O–H groups in total. The molecule has 2 rings (SSSR count). The number of azo groups is 1. The second-order valence-corrected chi connectivity index (χ2v) is 4.71. The summed E-state index contributed by atoms with van der Waals surface area (Å²) in [5.74, 6) is -0.342. The van der Waals surface area contributed by atoms with Gasteiger partial charge in [0.2, 0.25) is 0 Å². The Morgan fingerprint density at radius 2 is 1.55 bits per heavy atom. The number of nitrogens with zero attached hydrogens (tertiary/aromatic N) is 2. The minimum Gasteiger partial charge on any atom is -0.463 e. The van der Waals surface area contributed by atoms with Gasteiger partial charge in [0.1, 0.15) is 0 Å². The Bertz CT molecular complexity index is 671. The van der Waals surface area contributed by atoms with Crippen LogP contribution in [0.2, 0.25) is 0 Å². The van der Waals surface area contributed by atoms with E-state index in [0.29, 0.717) is 6.61 Å². The number of esters is 1. The number of carbonyl (C=O) groups excluding carboxylic acids is 1. The minimum absolute atomic E-state index is 0.342. The molecular formula is C18H18N2O2. The van der Waals surface area contributed by atoms with E-state index in [2.05, 4.69) is 10.2 Å². The first-order valence-electron chi connectivity index (χ1n) is 7.10. The Balaban J connectivity index is 1.99. The summed E-state index contributed by atoms with van der Waals surface area (Å²) < 4.78 is 4.82. The minimum atomic E-state index is -0.342. The van der Waals surface area contributed by atoms with Gasteiger partial charge in [0.15, 0.2) is 0 Å². The molecule has 0 amide bonds. The van der Waals surface area contributed by atoms with Crippen LogP contribution in [-0.2, 0) is 9.53 Å². The molecule has 4 nitrogen and oxygen atoms in total. The third-order valence-electron chi connectivity index (χ3n) is 2.91. The quantitative estimate of drug-likeness (QED) is 0.443. The van der Waals surface area contributed by atoms with Crippen molar-refractivity contribution >= 4 is 23.4 Å². The zero-order chi connectivity index (χ0) is 15.8. The molecule has 0 fully saturated rings. The summed E-state index contributed by atoms with van der Waals surface area (Å²) in [4.78, 5) is 11.2. The molecule has 0 aliphatic rings. The van der Waals surface area contributed by atoms with Crippen LogP contribution < -0.4 is 0 Å². The standard InChI is InChI=1S/C18H18N2O2/c1-3-22-18(21)13-8-15-6-11-17(12-7-15)20-19-16-9-4-14(2)5-10-16/h4-13H,3H2,1-2H3/b13-8+,20-19?. The van der Waals surface area contributed by atoms with Crippen molar-refractivity contribution in [1.82, 2.24) is 0 Å². The average molecular weight is 294 g/mol. The molecule has 0 spiro atoms. The summed E-state index contributed by atoms with van der Waals surface area (Å²) in [6.07, 6.45) is 3.12. The van der Waals surface area contributed by atoms with Crippen molar-refractivity contribution in [1.29, 1.82) is 0 Å². The van der Waals surface area contributed by atoms with Crippen LogP contribution in [-0.4, -0.2) is 12.6 Å². The fraction of sp³-hybridized carbons (Fsp3) is 0.167. The summed E-state index contributed by atoms with van der Waals surface area (Å²) >= 11 is 0. The number of ether oxygens (including phenoxy) is 1. The first-order chi connectivity index (χ1) is 10.7. The molecule has 4 heteroatoms. The Hall–Kier alpha value is -2.75. The summed E-state index contributed by atoms with van der Waals surface area (Å²) in [6.45, 7) is 4.19. The van der Waals surface area contributed by atoms with Crippen molar-refractivity contribution in [3.63, 3.8) is 0 Å². The first kappa shape index (κ1) is 15.6. The second kappa shape index (κ2) is 7.88. The van der Waals surface area contributed by atoms with E-state index in [4.69, 9.17) is 4.74 Å². The van der Waals surface area contributed by atoms with Gasteiger partial charge in [-0.3, -0.25) is 0 Å². The van der Waals surface area contributed by atoms with Crippen LogP contribution in [0.5, 0.6) is 0 Å². The van der Waals surface area contributed by atoms with Gasteiger partial charge in [0.05, 0.1) is 18.0 Å². The molecule has 0 bridgehead atoms. The molecule has 0 saturated heterocycles. The first-order valence-corrected chi connectivity index (χ1v) is 7.10. The molecular weight excluding hydrogens is 276 g/mol. The third-order valence-corrected chi connectivity index (χ3v) is 2.91. The molecule has 0 aliphatic carbocycles. The van der Waals surface area contributed by atoms with E-state index in [0.717, 1.165) is 16.9 Å². The molecule has 0 radical (unpaired) electrons. The van der Waals surface area contributed by atoms with E-state index >= 15 is 0 Å². The van der Waals surface area contributed by atoms with Crippen molar-refractivity contribution in [2.24, 2.45) is 10.2 Å². The van der Waals surface area contributed by atoms with Crippen molar-refractivity contribution in [2.45, 2.75) is 13.8 Å². The van der Waals surface area contributed by atoms with Gasteiger partial charge in [-0.2, -0.15) is 10.2 Å². The van der Waals surface area contributed by atoms with Gasteiger partial charge < -0.3 is 4.74 Å². The Labute approximate surface area is 130 Å². The molecule has 2 aromatic carbocycles. The number of aryl methyl sites for hydroxylation is 1. The molecule has 0 aliphatic heterocycles. The third kappa shape index (κ3) is 4.98. The zero-order valence-corrected chi connectivity index (χ0v) is 12.7. The SMILES string of the molecule is CCOC(=O)/C=C/c1ccc(N=Nc2ccc(C)cc2)cc1. The molecule has 0 atom stereocenters. The summed E-state index contributed by atoms with van der Waals surface area (Å²) in [6, 6.07) is 15.3. The van der Waals surface area contributed by atoms with Gasteiger partial charge in [0.25, 0.3) is 0 Å². The normalized spacial score (nSPS) is 11.2. The highest BCUT2D eigenvalue weighted by Crippen LogP contribution is 2.19. The van der Waals surface area contributed by atoms with E-state index < -0.39 is 0 Å². The van der Waals surface area contributed by atoms with Gasteiger partial charge in [-0.1, -0.05) is 29.8 Å². The predicted molar refractivity (Wildman–Crippen MR) is 87.5 cm³/mol. The molecule has 22 heavy (non-hydrogen) atoms. The molecule has 112 valence electrons. The molecule has 2 aromatic rings.